The predicted molar refractivity (Wildman–Crippen MR) is 218 cm³/mol. The van der Waals surface area contributed by atoms with E-state index in [1.165, 1.54) is 52.3 Å². The zero-order chi connectivity index (χ0) is 36.7. The van der Waals surface area contributed by atoms with E-state index in [0.717, 1.165) is 51.0 Å². The number of rotatable bonds is 10. The standard InChI is InChI=1S/C47H52N4O/c1-10-14-30(2)23-32(4)36-17-20-43-42(26-36)41-19-18-39(29-44(41)50(43)45-27-37(21-22-48-45)47(7,8)9)52-40-25-31(3)24-38(28-40)51-34(6)46(33(5)49-51)35-15-12-11-13-16-35/h11-13,15-22,24-30,32H,10,14,23H2,1-9H3. The molecule has 0 spiro atoms. The van der Waals surface area contributed by atoms with Gasteiger partial charge in [0.2, 0.25) is 0 Å². The molecular formula is C47H52N4O. The molecule has 2 atom stereocenters. The van der Waals surface area contributed by atoms with E-state index in [-0.39, 0.29) is 5.41 Å². The number of aromatic nitrogens is 4. The first kappa shape index (κ1) is 35.3. The van der Waals surface area contributed by atoms with Crippen LogP contribution in [0.1, 0.15) is 94.8 Å². The Morgan fingerprint density at radius 2 is 1.56 bits per heavy atom. The summed E-state index contributed by atoms with van der Waals surface area (Å²) in [6.07, 6.45) is 5.63. The van der Waals surface area contributed by atoms with Crippen molar-refractivity contribution < 1.29 is 4.74 Å². The maximum atomic E-state index is 6.71. The van der Waals surface area contributed by atoms with Gasteiger partial charge in [0.15, 0.2) is 0 Å². The Kier molecular flexibility index (Phi) is 9.56. The molecule has 5 nitrogen and oxygen atoms in total. The first-order chi connectivity index (χ1) is 24.9. The van der Waals surface area contributed by atoms with Crippen molar-refractivity contribution in [1.82, 2.24) is 19.3 Å². The molecule has 52 heavy (non-hydrogen) atoms. The number of fused-ring (bicyclic) bond motifs is 3. The Labute approximate surface area is 309 Å². The van der Waals surface area contributed by atoms with Crippen molar-refractivity contribution in [2.24, 2.45) is 5.92 Å². The molecule has 3 heterocycles. The zero-order valence-corrected chi connectivity index (χ0v) is 32.3. The molecule has 0 fully saturated rings. The lowest BCUT2D eigenvalue weighted by molar-refractivity contribution is 0.449. The first-order valence-corrected chi connectivity index (χ1v) is 18.9. The van der Waals surface area contributed by atoms with Crippen LogP contribution in [0.25, 0.3) is 44.4 Å². The van der Waals surface area contributed by atoms with Crippen molar-refractivity contribution >= 4 is 21.8 Å². The van der Waals surface area contributed by atoms with Gasteiger partial charge in [-0.3, -0.25) is 4.57 Å². The van der Waals surface area contributed by atoms with E-state index in [9.17, 15) is 0 Å². The Balaban J connectivity index is 1.32. The maximum absolute atomic E-state index is 6.71. The minimum atomic E-state index is -0.00128. The minimum Gasteiger partial charge on any atom is -0.457 e. The number of nitrogens with zero attached hydrogens (tertiary/aromatic N) is 4. The number of ether oxygens (including phenoxy) is 1. The van der Waals surface area contributed by atoms with Gasteiger partial charge in [-0.25, -0.2) is 9.67 Å². The van der Waals surface area contributed by atoms with Gasteiger partial charge in [0.25, 0.3) is 0 Å². The third-order valence-corrected chi connectivity index (χ3v) is 10.6. The van der Waals surface area contributed by atoms with Crippen LogP contribution in [0.2, 0.25) is 0 Å². The monoisotopic (exact) mass is 688 g/mol. The lowest BCUT2D eigenvalue weighted by atomic mass is 9.88. The van der Waals surface area contributed by atoms with Gasteiger partial charge >= 0.3 is 0 Å². The van der Waals surface area contributed by atoms with Crippen LogP contribution in [-0.4, -0.2) is 19.3 Å². The first-order valence-electron chi connectivity index (χ1n) is 18.9. The van der Waals surface area contributed by atoms with Gasteiger partial charge in [-0.05, 0) is 115 Å². The van der Waals surface area contributed by atoms with Crippen LogP contribution in [0.5, 0.6) is 11.5 Å². The number of pyridine rings is 1. The number of hydrogen-bond acceptors (Lipinski definition) is 3. The Bertz CT molecular complexity index is 2370. The van der Waals surface area contributed by atoms with E-state index in [1.807, 2.05) is 16.9 Å². The number of benzene rings is 4. The second kappa shape index (κ2) is 14.1. The fourth-order valence-corrected chi connectivity index (χ4v) is 7.96. The highest BCUT2D eigenvalue weighted by Crippen LogP contribution is 2.39. The average Bonchev–Trinajstić information content (AvgIpc) is 3.60. The molecule has 5 heteroatoms. The molecule has 0 aliphatic rings. The van der Waals surface area contributed by atoms with E-state index >= 15 is 0 Å². The summed E-state index contributed by atoms with van der Waals surface area (Å²) in [6, 6.07) is 34.7. The van der Waals surface area contributed by atoms with Crippen LogP contribution in [0.3, 0.4) is 0 Å². The summed E-state index contributed by atoms with van der Waals surface area (Å²) in [5, 5.41) is 7.42. The molecule has 266 valence electrons. The topological polar surface area (TPSA) is 44.9 Å². The fraction of sp³-hybridized carbons (Fsp3) is 0.319. The summed E-state index contributed by atoms with van der Waals surface area (Å²) in [4.78, 5) is 4.94. The molecular weight excluding hydrogens is 637 g/mol. The van der Waals surface area contributed by atoms with Crippen LogP contribution < -0.4 is 4.74 Å². The van der Waals surface area contributed by atoms with E-state index < -0.39 is 0 Å². The largest absolute Gasteiger partial charge is 0.457 e. The fourth-order valence-electron chi connectivity index (χ4n) is 7.96. The number of hydrogen-bond donors (Lipinski definition) is 0. The molecule has 7 rings (SSSR count). The third kappa shape index (κ3) is 6.89. The number of aryl methyl sites for hydroxylation is 2. The molecule has 0 saturated carbocycles. The Morgan fingerprint density at radius 1 is 0.769 bits per heavy atom. The summed E-state index contributed by atoms with van der Waals surface area (Å²) in [5.74, 6) is 3.65. The highest BCUT2D eigenvalue weighted by molar-refractivity contribution is 6.09. The summed E-state index contributed by atoms with van der Waals surface area (Å²) in [5.41, 5.74) is 11.4. The van der Waals surface area contributed by atoms with Crippen molar-refractivity contribution in [3.8, 4) is 34.1 Å². The van der Waals surface area contributed by atoms with E-state index in [1.54, 1.807) is 0 Å². The van der Waals surface area contributed by atoms with Crippen LogP contribution in [0.4, 0.5) is 0 Å². The minimum absolute atomic E-state index is 0.00128. The van der Waals surface area contributed by atoms with Gasteiger partial charge in [0.1, 0.15) is 17.3 Å². The van der Waals surface area contributed by atoms with Crippen LogP contribution in [0, 0.1) is 26.7 Å². The summed E-state index contributed by atoms with van der Waals surface area (Å²) >= 11 is 0. The van der Waals surface area contributed by atoms with Crippen molar-refractivity contribution in [2.45, 2.75) is 92.9 Å². The quantitative estimate of drug-likeness (QED) is 0.144. The molecule has 2 unspecified atom stereocenters. The summed E-state index contributed by atoms with van der Waals surface area (Å²) < 4.78 is 11.1. The second-order valence-electron chi connectivity index (χ2n) is 15.9. The molecule has 3 aromatic heterocycles. The van der Waals surface area contributed by atoms with Gasteiger partial charge in [0, 0.05) is 40.4 Å². The molecule has 4 aromatic carbocycles. The molecule has 0 radical (unpaired) electrons. The molecule has 0 aliphatic carbocycles. The Morgan fingerprint density at radius 3 is 2.31 bits per heavy atom. The molecule has 0 saturated heterocycles. The SMILES string of the molecule is CCCC(C)CC(C)c1ccc2c(c1)c1ccc(Oc3cc(C)cc(-n4nc(C)c(-c5ccccc5)c4C)c3)cc1n2-c1cc(C(C)(C)C)ccn1. The van der Waals surface area contributed by atoms with Gasteiger partial charge in [-0.2, -0.15) is 5.10 Å². The van der Waals surface area contributed by atoms with Crippen LogP contribution in [0.15, 0.2) is 103 Å². The van der Waals surface area contributed by atoms with Gasteiger partial charge < -0.3 is 4.74 Å². The lowest BCUT2D eigenvalue weighted by Crippen LogP contribution is -2.12. The molecule has 0 bridgehead atoms. The van der Waals surface area contributed by atoms with Gasteiger partial charge in [0.05, 0.1) is 22.4 Å². The highest BCUT2D eigenvalue weighted by atomic mass is 16.5. The van der Waals surface area contributed by atoms with Gasteiger partial charge in [-0.1, -0.05) is 90.8 Å². The van der Waals surface area contributed by atoms with Crippen molar-refractivity contribution in [3.63, 3.8) is 0 Å². The molecule has 0 amide bonds. The molecule has 7 aromatic rings. The average molecular weight is 689 g/mol. The Hall–Kier alpha value is -5.16. The highest BCUT2D eigenvalue weighted by Gasteiger charge is 2.21. The van der Waals surface area contributed by atoms with Crippen LogP contribution in [-0.2, 0) is 5.41 Å². The summed E-state index contributed by atoms with van der Waals surface area (Å²) in [6.45, 7) is 20.1. The molecule has 0 N–H and O–H groups in total. The predicted octanol–water partition coefficient (Wildman–Crippen LogP) is 13.0. The van der Waals surface area contributed by atoms with Gasteiger partial charge in [-0.15, -0.1) is 0 Å². The van der Waals surface area contributed by atoms with Crippen molar-refractivity contribution in [3.05, 3.63) is 131 Å². The normalized spacial score (nSPS) is 13.2. The zero-order valence-electron chi connectivity index (χ0n) is 32.3. The smallest absolute Gasteiger partial charge is 0.137 e. The maximum Gasteiger partial charge on any atom is 0.137 e. The van der Waals surface area contributed by atoms with E-state index in [2.05, 4.69) is 158 Å². The van der Waals surface area contributed by atoms with Crippen LogP contribution >= 0.6 is 0 Å². The third-order valence-electron chi connectivity index (χ3n) is 10.6. The molecule has 0 aliphatic heterocycles. The van der Waals surface area contributed by atoms with Crippen molar-refractivity contribution in [1.29, 1.82) is 0 Å². The summed E-state index contributed by atoms with van der Waals surface area (Å²) in [7, 11) is 0. The lowest BCUT2D eigenvalue weighted by Gasteiger charge is -2.20. The van der Waals surface area contributed by atoms with Crippen molar-refractivity contribution in [2.75, 3.05) is 0 Å². The second-order valence-corrected chi connectivity index (χ2v) is 15.9. The van der Waals surface area contributed by atoms with E-state index in [4.69, 9.17) is 14.8 Å². The van der Waals surface area contributed by atoms with E-state index in [0.29, 0.717) is 11.8 Å².